The van der Waals surface area contributed by atoms with Gasteiger partial charge in [-0.25, -0.2) is 9.37 Å². The Balaban J connectivity index is 2.47. The summed E-state index contributed by atoms with van der Waals surface area (Å²) in [5, 5.41) is 8.76. The second-order valence-electron chi connectivity index (χ2n) is 4.63. The van der Waals surface area contributed by atoms with Crippen LogP contribution in [0.5, 0.6) is 0 Å². The summed E-state index contributed by atoms with van der Waals surface area (Å²) in [7, 11) is 0. The zero-order valence-electron chi connectivity index (χ0n) is 11.9. The van der Waals surface area contributed by atoms with Gasteiger partial charge in [-0.15, -0.1) is 0 Å². The first-order valence-corrected chi connectivity index (χ1v) is 6.44. The van der Waals surface area contributed by atoms with Crippen LogP contribution in [0.25, 0.3) is 0 Å². The van der Waals surface area contributed by atoms with Crippen LogP contribution in [0, 0.1) is 31.5 Å². The number of benzene rings is 1. The van der Waals surface area contributed by atoms with Crippen LogP contribution >= 0.6 is 0 Å². The first kappa shape index (κ1) is 14.9. The van der Waals surface area contributed by atoms with E-state index in [1.807, 2.05) is 0 Å². The van der Waals surface area contributed by atoms with Crippen molar-refractivity contribution in [3.8, 4) is 11.8 Å². The van der Waals surface area contributed by atoms with Crippen molar-refractivity contribution < 1.29 is 9.50 Å². The van der Waals surface area contributed by atoms with E-state index in [2.05, 4.69) is 16.8 Å². The lowest BCUT2D eigenvalue weighted by atomic mass is 10.1. The molecular weight excluding hydrogens is 271 g/mol. The molecule has 0 atom stereocenters. The highest BCUT2D eigenvalue weighted by atomic mass is 19.1. The van der Waals surface area contributed by atoms with E-state index in [4.69, 9.17) is 5.11 Å². The number of aromatic nitrogens is 2. The van der Waals surface area contributed by atoms with Crippen molar-refractivity contribution >= 4 is 0 Å². The van der Waals surface area contributed by atoms with Gasteiger partial charge < -0.3 is 5.11 Å². The molecule has 0 amide bonds. The highest BCUT2D eigenvalue weighted by Gasteiger charge is 2.08. The van der Waals surface area contributed by atoms with Crippen LogP contribution in [0.4, 0.5) is 4.39 Å². The van der Waals surface area contributed by atoms with Crippen LogP contribution in [0.3, 0.4) is 0 Å². The molecule has 5 heteroatoms. The van der Waals surface area contributed by atoms with E-state index in [9.17, 15) is 9.18 Å². The Morgan fingerprint density at radius 1 is 1.33 bits per heavy atom. The summed E-state index contributed by atoms with van der Waals surface area (Å²) in [5.74, 6) is 5.37. The van der Waals surface area contributed by atoms with Crippen molar-refractivity contribution in [3.05, 3.63) is 63.1 Å². The molecule has 0 saturated heterocycles. The number of aliphatic hydroxyl groups is 1. The van der Waals surface area contributed by atoms with Gasteiger partial charge in [0.25, 0.3) is 5.56 Å². The molecule has 1 heterocycles. The van der Waals surface area contributed by atoms with Gasteiger partial charge in [0.2, 0.25) is 0 Å². The maximum atomic E-state index is 13.3. The average molecular weight is 286 g/mol. The predicted octanol–water partition coefficient (Wildman–Crippen LogP) is 1.39. The standard InChI is InChI=1S/C16H15FN2O2/c1-11-8-16(21)19(12(2)18-11)10-14-5-6-15(17)9-13(14)4-3-7-20/h5-6,8-9,20H,7,10H2,1-2H3. The Hall–Kier alpha value is -2.45. The van der Waals surface area contributed by atoms with Gasteiger partial charge in [0.15, 0.2) is 0 Å². The van der Waals surface area contributed by atoms with Crippen LogP contribution < -0.4 is 5.56 Å². The molecule has 21 heavy (non-hydrogen) atoms. The maximum absolute atomic E-state index is 13.3. The highest BCUT2D eigenvalue weighted by Crippen LogP contribution is 2.12. The molecule has 2 rings (SSSR count). The van der Waals surface area contributed by atoms with Crippen molar-refractivity contribution in [2.45, 2.75) is 20.4 Å². The molecular formula is C16H15FN2O2. The Morgan fingerprint density at radius 2 is 2.10 bits per heavy atom. The third-order valence-electron chi connectivity index (χ3n) is 3.03. The molecule has 0 aliphatic heterocycles. The Morgan fingerprint density at radius 3 is 2.76 bits per heavy atom. The van der Waals surface area contributed by atoms with Crippen LogP contribution in [-0.2, 0) is 6.54 Å². The third kappa shape index (κ3) is 3.56. The maximum Gasteiger partial charge on any atom is 0.254 e. The van der Waals surface area contributed by atoms with E-state index in [-0.39, 0.29) is 18.7 Å². The monoisotopic (exact) mass is 286 g/mol. The summed E-state index contributed by atoms with van der Waals surface area (Å²) >= 11 is 0. The number of halogens is 1. The molecule has 2 aromatic rings. The van der Waals surface area contributed by atoms with Crippen molar-refractivity contribution in [2.24, 2.45) is 0 Å². The number of nitrogens with zero attached hydrogens (tertiary/aromatic N) is 2. The van der Waals surface area contributed by atoms with Gasteiger partial charge in [0.1, 0.15) is 18.2 Å². The van der Waals surface area contributed by atoms with Crippen molar-refractivity contribution in [1.82, 2.24) is 9.55 Å². The molecule has 0 spiro atoms. The number of hydrogen-bond donors (Lipinski definition) is 1. The second-order valence-corrected chi connectivity index (χ2v) is 4.63. The fourth-order valence-corrected chi connectivity index (χ4v) is 2.06. The molecule has 108 valence electrons. The largest absolute Gasteiger partial charge is 0.384 e. The lowest BCUT2D eigenvalue weighted by molar-refractivity contribution is 0.350. The van der Waals surface area contributed by atoms with E-state index < -0.39 is 5.82 Å². The highest BCUT2D eigenvalue weighted by molar-refractivity contribution is 5.42. The summed E-state index contributed by atoms with van der Waals surface area (Å²) in [6, 6.07) is 5.65. The predicted molar refractivity (Wildman–Crippen MR) is 77.4 cm³/mol. The molecule has 4 nitrogen and oxygen atoms in total. The van der Waals surface area contributed by atoms with E-state index >= 15 is 0 Å². The van der Waals surface area contributed by atoms with Crippen LogP contribution in [-0.4, -0.2) is 21.3 Å². The van der Waals surface area contributed by atoms with E-state index in [1.54, 1.807) is 19.9 Å². The number of aliphatic hydroxyl groups excluding tert-OH is 1. The van der Waals surface area contributed by atoms with E-state index in [0.29, 0.717) is 22.6 Å². The van der Waals surface area contributed by atoms with E-state index in [1.165, 1.54) is 22.8 Å². The average Bonchev–Trinajstić information content (AvgIpc) is 2.42. The zero-order valence-corrected chi connectivity index (χ0v) is 11.9. The fourth-order valence-electron chi connectivity index (χ4n) is 2.06. The topological polar surface area (TPSA) is 55.1 Å². The summed E-state index contributed by atoms with van der Waals surface area (Å²) in [6.45, 7) is 3.46. The Labute approximate surface area is 121 Å². The fraction of sp³-hybridized carbons (Fsp3) is 0.250. The van der Waals surface area contributed by atoms with Gasteiger partial charge >= 0.3 is 0 Å². The molecule has 0 aliphatic carbocycles. The molecule has 0 unspecified atom stereocenters. The first-order chi connectivity index (χ1) is 10.0. The number of hydrogen-bond acceptors (Lipinski definition) is 3. The van der Waals surface area contributed by atoms with Crippen molar-refractivity contribution in [1.29, 1.82) is 0 Å². The van der Waals surface area contributed by atoms with Gasteiger partial charge in [0, 0.05) is 17.3 Å². The van der Waals surface area contributed by atoms with Gasteiger partial charge in [-0.05, 0) is 31.5 Å². The summed E-state index contributed by atoms with van der Waals surface area (Å²) in [5.41, 5.74) is 1.66. The van der Waals surface area contributed by atoms with Gasteiger partial charge in [-0.2, -0.15) is 0 Å². The second kappa shape index (κ2) is 6.33. The minimum Gasteiger partial charge on any atom is -0.384 e. The molecule has 0 saturated carbocycles. The first-order valence-electron chi connectivity index (χ1n) is 6.44. The number of aryl methyl sites for hydroxylation is 2. The molecule has 0 fully saturated rings. The Bertz CT molecular complexity index is 785. The smallest absolute Gasteiger partial charge is 0.254 e. The molecule has 0 bridgehead atoms. The lowest BCUT2D eigenvalue weighted by Crippen LogP contribution is -2.24. The number of rotatable bonds is 2. The van der Waals surface area contributed by atoms with Gasteiger partial charge in [-0.1, -0.05) is 17.9 Å². The molecule has 1 aromatic heterocycles. The van der Waals surface area contributed by atoms with E-state index in [0.717, 1.165) is 0 Å². The zero-order chi connectivity index (χ0) is 15.4. The van der Waals surface area contributed by atoms with Crippen molar-refractivity contribution in [3.63, 3.8) is 0 Å². The minimum atomic E-state index is -0.410. The Kier molecular flexibility index (Phi) is 4.51. The molecule has 1 aromatic carbocycles. The molecule has 0 radical (unpaired) electrons. The van der Waals surface area contributed by atoms with Crippen molar-refractivity contribution in [2.75, 3.05) is 6.61 Å². The summed E-state index contributed by atoms with van der Waals surface area (Å²) in [4.78, 5) is 16.3. The van der Waals surface area contributed by atoms with Crippen LogP contribution in [0.1, 0.15) is 22.6 Å². The third-order valence-corrected chi connectivity index (χ3v) is 3.03. The quantitative estimate of drug-likeness (QED) is 0.849. The molecule has 0 aliphatic rings. The van der Waals surface area contributed by atoms with Gasteiger partial charge in [-0.3, -0.25) is 9.36 Å². The molecule has 1 N–H and O–H groups in total. The van der Waals surface area contributed by atoms with Gasteiger partial charge in [0.05, 0.1) is 6.54 Å². The van der Waals surface area contributed by atoms with Crippen LogP contribution in [0.2, 0.25) is 0 Å². The summed E-state index contributed by atoms with van der Waals surface area (Å²) < 4.78 is 14.8. The normalized spacial score (nSPS) is 10.1. The minimum absolute atomic E-state index is 0.162. The van der Waals surface area contributed by atoms with Crippen LogP contribution in [0.15, 0.2) is 29.1 Å². The summed E-state index contributed by atoms with van der Waals surface area (Å²) in [6.07, 6.45) is 0. The SMILES string of the molecule is Cc1cc(=O)n(Cc2ccc(F)cc2C#CCO)c(C)n1. The lowest BCUT2D eigenvalue weighted by Gasteiger charge is -2.11.